The van der Waals surface area contributed by atoms with Gasteiger partial charge in [0.15, 0.2) is 0 Å². The van der Waals surface area contributed by atoms with Gasteiger partial charge >= 0.3 is 6.01 Å². The lowest BCUT2D eigenvalue weighted by molar-refractivity contribution is -0.0936. The summed E-state index contributed by atoms with van der Waals surface area (Å²) in [5.41, 5.74) is 12.1. The van der Waals surface area contributed by atoms with Crippen molar-refractivity contribution in [2.75, 3.05) is 56.6 Å². The Bertz CT molecular complexity index is 3060. The lowest BCUT2D eigenvalue weighted by Crippen LogP contribution is -2.38. The van der Waals surface area contributed by atoms with Crippen molar-refractivity contribution in [2.45, 2.75) is 44.1 Å². The number of aryl methyl sites for hydroxylation is 4. The van der Waals surface area contributed by atoms with Crippen LogP contribution in [-0.2, 0) is 46.2 Å². The molecule has 8 aromatic rings. The number of pyridine rings is 2. The highest BCUT2D eigenvalue weighted by Crippen LogP contribution is 2.33. The van der Waals surface area contributed by atoms with Gasteiger partial charge in [-0.15, -0.1) is 0 Å². The zero-order chi connectivity index (χ0) is 46.5. The molecule has 0 unspecified atom stereocenters. The summed E-state index contributed by atoms with van der Waals surface area (Å²) in [6, 6.07) is 17.0. The van der Waals surface area contributed by atoms with E-state index in [1.54, 1.807) is 43.6 Å². The number of sulfone groups is 1. The van der Waals surface area contributed by atoms with Gasteiger partial charge in [0.2, 0.25) is 15.0 Å². The van der Waals surface area contributed by atoms with Crippen LogP contribution in [0.25, 0.3) is 44.3 Å². The number of nitrogens with zero attached hydrogens (tertiary/aromatic N) is 12. The van der Waals surface area contributed by atoms with Gasteiger partial charge in [-0.25, -0.2) is 48.3 Å². The molecule has 0 radical (unpaired) electrons. The number of ether oxygens (including phenoxy) is 3. The van der Waals surface area contributed by atoms with Crippen LogP contribution < -0.4 is 14.5 Å². The maximum atomic E-state index is 11.6. The van der Waals surface area contributed by atoms with E-state index < -0.39 is 9.84 Å². The second kappa shape index (κ2) is 19.7. The Hall–Kier alpha value is -6.93. The highest BCUT2D eigenvalue weighted by atomic mass is 32.2. The molecule has 0 spiro atoms. The minimum Gasteiger partial charge on any atom is -0.455 e. The molecule has 18 nitrogen and oxygen atoms in total. The van der Waals surface area contributed by atoms with Crippen LogP contribution in [0.3, 0.4) is 0 Å². The van der Waals surface area contributed by atoms with Crippen LogP contribution in [0.4, 0.5) is 23.0 Å². The van der Waals surface area contributed by atoms with Crippen LogP contribution in [0, 0.1) is 0 Å². The van der Waals surface area contributed by atoms with Gasteiger partial charge < -0.3 is 38.3 Å². The van der Waals surface area contributed by atoms with Crippen LogP contribution in [-0.4, -0.2) is 122 Å². The molecule has 2 saturated heterocycles. The number of aromatic nitrogens is 10. The van der Waals surface area contributed by atoms with Crippen molar-refractivity contribution in [3.05, 3.63) is 109 Å². The van der Waals surface area contributed by atoms with E-state index in [4.69, 9.17) is 14.6 Å². The first-order valence-corrected chi connectivity index (χ1v) is 23.3. The Kier molecular flexibility index (Phi) is 13.6. The predicted octanol–water partition coefficient (Wildman–Crippen LogP) is 6.07. The van der Waals surface area contributed by atoms with Gasteiger partial charge in [0.25, 0.3) is 0 Å². The molecular formula is C47H52N12O6S. The average molecular weight is 913 g/mol. The molecule has 1 N–H and O–H groups in total. The van der Waals surface area contributed by atoms with Crippen molar-refractivity contribution in [2.24, 2.45) is 14.1 Å². The fourth-order valence-corrected chi connectivity index (χ4v) is 7.73. The maximum Gasteiger partial charge on any atom is 0.316 e. The second-order valence-electron chi connectivity index (χ2n) is 16.0. The molecule has 0 saturated carbocycles. The van der Waals surface area contributed by atoms with Crippen LogP contribution in [0.15, 0.2) is 104 Å². The molecule has 10 rings (SSSR count). The smallest absolute Gasteiger partial charge is 0.316 e. The van der Waals surface area contributed by atoms with Crippen LogP contribution in [0.1, 0.15) is 25.0 Å². The summed E-state index contributed by atoms with van der Waals surface area (Å²) in [5.74, 6) is 1.71. The van der Waals surface area contributed by atoms with Crippen molar-refractivity contribution in [3.63, 3.8) is 0 Å². The first-order valence-electron chi connectivity index (χ1n) is 21.4. The molecule has 0 bridgehead atoms. The summed E-state index contributed by atoms with van der Waals surface area (Å²) in [6.45, 7) is 6.53. The number of hydrogen-bond donors (Lipinski definition) is 1. The summed E-state index contributed by atoms with van der Waals surface area (Å²) < 4.78 is 42.5. The number of anilines is 4. The molecule has 2 fully saturated rings. The van der Waals surface area contributed by atoms with Gasteiger partial charge in [-0.3, -0.25) is 0 Å². The molecule has 6 aromatic heterocycles. The van der Waals surface area contributed by atoms with E-state index in [0.717, 1.165) is 92.0 Å². The van der Waals surface area contributed by atoms with Crippen molar-refractivity contribution >= 4 is 54.9 Å². The predicted molar refractivity (Wildman–Crippen MR) is 252 cm³/mol. The van der Waals surface area contributed by atoms with E-state index in [-0.39, 0.29) is 17.4 Å². The van der Waals surface area contributed by atoms with Crippen molar-refractivity contribution < 1.29 is 27.7 Å². The standard InChI is InChI=1S/C23H24N6O2.C21H22N6O2S.C3H6O2/c1-4-15-7-16(17-9-25-23(26-10-17)31-18-12-30-13-18)5-6-20(15)29(3)22-8-21-19(11-24-22)27-14-28(21)2;1-5-14-8-15(16-10-23-21(24-11-16)30(4,28)29)6-7-18(14)27(3)20-9-19-17(12-22-20)25-13-26(19)2;4-3-1-5-2-3/h5-11,14,18H,4,12-13H2,1-3H3;6-13H,5H2,1-4H3;3-4H,1-2H2. The number of imidazole rings is 2. The molecular weight excluding hydrogens is 861 g/mol. The summed E-state index contributed by atoms with van der Waals surface area (Å²) >= 11 is 0. The Labute approximate surface area is 382 Å². The number of rotatable bonds is 11. The summed E-state index contributed by atoms with van der Waals surface area (Å²) in [6.07, 6.45) is 16.6. The quantitative estimate of drug-likeness (QED) is 0.146. The highest BCUT2D eigenvalue weighted by molar-refractivity contribution is 7.90. The zero-order valence-electron chi connectivity index (χ0n) is 37.9. The van der Waals surface area contributed by atoms with Crippen molar-refractivity contribution in [3.8, 4) is 28.3 Å². The first kappa shape index (κ1) is 45.6. The molecule has 66 heavy (non-hydrogen) atoms. The van der Waals surface area contributed by atoms with Crippen molar-refractivity contribution in [1.29, 1.82) is 0 Å². The molecule has 0 atom stereocenters. The molecule has 8 heterocycles. The SMILES string of the molecule is CCc1cc(-c2cnc(OC3COC3)nc2)ccc1N(C)c1cc2c(cn1)ncn2C.CCc1cc(-c2cnc(S(C)(=O)=O)nc2)ccc1N(C)c1cc2c(cn1)ncn2C.OC1COC1. The minimum absolute atomic E-state index is 0.0616. The van der Waals surface area contributed by atoms with E-state index in [1.165, 1.54) is 5.56 Å². The molecule has 19 heteroatoms. The van der Waals surface area contributed by atoms with Crippen LogP contribution >= 0.6 is 0 Å². The second-order valence-corrected chi connectivity index (χ2v) is 17.9. The number of benzene rings is 2. The summed E-state index contributed by atoms with van der Waals surface area (Å²) in [5, 5.41) is 8.15. The fourth-order valence-electron chi connectivity index (χ4n) is 7.24. The monoisotopic (exact) mass is 912 g/mol. The lowest BCUT2D eigenvalue weighted by atomic mass is 10.0. The molecule has 0 aliphatic carbocycles. The minimum atomic E-state index is -3.42. The van der Waals surface area contributed by atoms with E-state index in [0.29, 0.717) is 32.4 Å². The van der Waals surface area contributed by atoms with E-state index >= 15 is 0 Å². The number of aliphatic hydroxyl groups is 1. The summed E-state index contributed by atoms with van der Waals surface area (Å²) in [4.78, 5) is 38.7. The molecule has 2 aliphatic rings. The maximum absolute atomic E-state index is 11.6. The topological polar surface area (TPSA) is 202 Å². The highest BCUT2D eigenvalue weighted by Gasteiger charge is 2.22. The lowest BCUT2D eigenvalue weighted by Gasteiger charge is -2.25. The fraction of sp³-hybridized carbons (Fsp3) is 0.319. The number of hydrogen-bond acceptors (Lipinski definition) is 16. The molecule has 0 amide bonds. The Morgan fingerprint density at radius 3 is 1.45 bits per heavy atom. The molecule has 342 valence electrons. The van der Waals surface area contributed by atoms with E-state index in [1.807, 2.05) is 61.7 Å². The Balaban J connectivity index is 0.000000162. The normalized spacial score (nSPS) is 13.8. The van der Waals surface area contributed by atoms with Crippen molar-refractivity contribution in [1.82, 2.24) is 49.0 Å². The van der Waals surface area contributed by atoms with Gasteiger partial charge in [-0.1, -0.05) is 26.0 Å². The van der Waals surface area contributed by atoms with Gasteiger partial charge in [-0.05, 0) is 59.4 Å². The van der Waals surface area contributed by atoms with Crippen LogP contribution in [0.5, 0.6) is 6.01 Å². The van der Waals surface area contributed by atoms with Gasteiger partial charge in [0.05, 0.1) is 62.5 Å². The average Bonchev–Trinajstić information content (AvgIpc) is 3.89. The van der Waals surface area contributed by atoms with E-state index in [9.17, 15) is 8.42 Å². The number of aliphatic hydroxyl groups excluding tert-OH is 1. The van der Waals surface area contributed by atoms with Gasteiger partial charge in [0, 0.05) is 93.9 Å². The third-order valence-corrected chi connectivity index (χ3v) is 12.2. The molecule has 2 aromatic carbocycles. The Morgan fingerprint density at radius 2 is 1.08 bits per heavy atom. The summed E-state index contributed by atoms with van der Waals surface area (Å²) in [7, 11) is 4.56. The zero-order valence-corrected chi connectivity index (χ0v) is 38.7. The van der Waals surface area contributed by atoms with E-state index in [2.05, 4.69) is 98.6 Å². The molecule has 2 aliphatic heterocycles. The van der Waals surface area contributed by atoms with Crippen LogP contribution in [0.2, 0.25) is 0 Å². The number of fused-ring (bicyclic) bond motifs is 2. The largest absolute Gasteiger partial charge is 0.455 e. The van der Waals surface area contributed by atoms with Gasteiger partial charge in [0.1, 0.15) is 34.9 Å². The third-order valence-electron chi connectivity index (χ3n) is 11.3. The Morgan fingerprint density at radius 1 is 0.636 bits per heavy atom. The van der Waals surface area contributed by atoms with Gasteiger partial charge in [-0.2, -0.15) is 0 Å². The first-order chi connectivity index (χ1) is 31.8. The third kappa shape index (κ3) is 10.1.